The molecule has 3 N–H and O–H groups in total. The first-order chi connectivity index (χ1) is 8.70. The van der Waals surface area contributed by atoms with Crippen LogP contribution in [0.3, 0.4) is 0 Å². The van der Waals surface area contributed by atoms with Crippen LogP contribution in [0.1, 0.15) is 12.8 Å². The van der Waals surface area contributed by atoms with E-state index in [9.17, 15) is 4.79 Å². The predicted octanol–water partition coefficient (Wildman–Crippen LogP) is 1.57. The maximum atomic E-state index is 11.7. The van der Waals surface area contributed by atoms with Gasteiger partial charge in [0.25, 0.3) is 5.91 Å². The lowest BCUT2D eigenvalue weighted by Crippen LogP contribution is -2.43. The van der Waals surface area contributed by atoms with Gasteiger partial charge in [-0.05, 0) is 30.9 Å². The highest BCUT2D eigenvalue weighted by Crippen LogP contribution is 2.32. The highest BCUT2D eigenvalue weighted by atomic mass is 35.5. The van der Waals surface area contributed by atoms with Gasteiger partial charge in [0.15, 0.2) is 6.61 Å². The van der Waals surface area contributed by atoms with Gasteiger partial charge in [-0.1, -0.05) is 23.7 Å². The second kappa shape index (κ2) is 6.07. The van der Waals surface area contributed by atoms with Crippen molar-refractivity contribution in [3.05, 3.63) is 29.3 Å². The Balaban J connectivity index is 1.79. The lowest BCUT2D eigenvalue weighted by atomic mass is 10.2. The first kappa shape index (κ1) is 13.2. The summed E-state index contributed by atoms with van der Waals surface area (Å²) in [5.41, 5.74) is 5.62. The topological polar surface area (TPSA) is 64.3 Å². The van der Waals surface area contributed by atoms with Crippen molar-refractivity contribution < 1.29 is 9.53 Å². The van der Waals surface area contributed by atoms with E-state index in [1.807, 2.05) is 12.1 Å². The molecule has 0 heterocycles. The minimum absolute atomic E-state index is 0.0348. The molecule has 0 aliphatic heterocycles. The molecule has 1 aliphatic carbocycles. The molecule has 0 bridgehead atoms. The molecule has 1 fully saturated rings. The summed E-state index contributed by atoms with van der Waals surface area (Å²) >= 11 is 5.92. The van der Waals surface area contributed by atoms with Gasteiger partial charge in [-0.25, -0.2) is 0 Å². The highest BCUT2D eigenvalue weighted by molar-refractivity contribution is 6.32. The highest BCUT2D eigenvalue weighted by Gasteiger charge is 2.31. The molecule has 1 unspecified atom stereocenters. The lowest BCUT2D eigenvalue weighted by molar-refractivity contribution is -0.123. The molecule has 0 spiro atoms. The van der Waals surface area contributed by atoms with Crippen LogP contribution >= 0.6 is 11.6 Å². The van der Waals surface area contributed by atoms with Crippen molar-refractivity contribution in [2.75, 3.05) is 13.2 Å². The minimum Gasteiger partial charge on any atom is -0.482 e. The van der Waals surface area contributed by atoms with Gasteiger partial charge < -0.3 is 15.8 Å². The largest absolute Gasteiger partial charge is 0.482 e. The SMILES string of the molecule is NCC(NC(=O)COc1ccccc1Cl)C1CC1. The number of ether oxygens (including phenoxy) is 1. The quantitative estimate of drug-likeness (QED) is 0.823. The number of rotatable bonds is 6. The van der Waals surface area contributed by atoms with E-state index < -0.39 is 0 Å². The number of halogens is 1. The maximum Gasteiger partial charge on any atom is 0.258 e. The summed E-state index contributed by atoms with van der Waals surface area (Å²) in [4.78, 5) is 11.7. The van der Waals surface area contributed by atoms with Crippen molar-refractivity contribution in [1.82, 2.24) is 5.32 Å². The van der Waals surface area contributed by atoms with Crippen molar-refractivity contribution >= 4 is 17.5 Å². The average molecular weight is 269 g/mol. The van der Waals surface area contributed by atoms with Gasteiger partial charge >= 0.3 is 0 Å². The van der Waals surface area contributed by atoms with Gasteiger partial charge in [0.1, 0.15) is 5.75 Å². The van der Waals surface area contributed by atoms with E-state index >= 15 is 0 Å². The van der Waals surface area contributed by atoms with Crippen molar-refractivity contribution in [2.24, 2.45) is 11.7 Å². The molecule has 0 radical (unpaired) electrons. The molecule has 4 nitrogen and oxygen atoms in total. The van der Waals surface area contributed by atoms with E-state index in [0.717, 1.165) is 12.8 Å². The molecular formula is C13H17ClN2O2. The Hall–Kier alpha value is -1.26. The normalized spacial score (nSPS) is 16.1. The Morgan fingerprint density at radius 2 is 2.22 bits per heavy atom. The zero-order chi connectivity index (χ0) is 13.0. The van der Waals surface area contributed by atoms with E-state index in [4.69, 9.17) is 22.1 Å². The fraction of sp³-hybridized carbons (Fsp3) is 0.462. The molecule has 18 heavy (non-hydrogen) atoms. The second-order valence-electron chi connectivity index (χ2n) is 4.47. The Morgan fingerprint density at radius 3 is 2.83 bits per heavy atom. The van der Waals surface area contributed by atoms with Crippen molar-refractivity contribution in [2.45, 2.75) is 18.9 Å². The summed E-state index contributed by atoms with van der Waals surface area (Å²) in [7, 11) is 0. The lowest BCUT2D eigenvalue weighted by Gasteiger charge is -2.16. The van der Waals surface area contributed by atoms with E-state index in [0.29, 0.717) is 23.2 Å². The Morgan fingerprint density at radius 1 is 1.50 bits per heavy atom. The molecule has 2 rings (SSSR count). The minimum atomic E-state index is -0.155. The summed E-state index contributed by atoms with van der Waals surface area (Å²) in [5, 5.41) is 3.39. The maximum absolute atomic E-state index is 11.7. The van der Waals surface area contributed by atoms with Crippen LogP contribution in [0.25, 0.3) is 0 Å². The molecule has 1 saturated carbocycles. The summed E-state index contributed by atoms with van der Waals surface area (Å²) in [6, 6.07) is 7.16. The fourth-order valence-electron chi connectivity index (χ4n) is 1.82. The Labute approximate surface area is 111 Å². The van der Waals surface area contributed by atoms with E-state index in [1.165, 1.54) is 0 Å². The number of nitrogens with one attached hydrogen (secondary N) is 1. The monoisotopic (exact) mass is 268 g/mol. The van der Waals surface area contributed by atoms with E-state index in [2.05, 4.69) is 5.32 Å². The number of amides is 1. The number of benzene rings is 1. The molecule has 1 aromatic rings. The first-order valence-corrected chi connectivity index (χ1v) is 6.45. The fourth-order valence-corrected chi connectivity index (χ4v) is 2.01. The van der Waals surface area contributed by atoms with Gasteiger partial charge in [-0.15, -0.1) is 0 Å². The molecule has 5 heteroatoms. The number of nitrogens with two attached hydrogens (primary N) is 1. The molecule has 0 aromatic heterocycles. The average Bonchev–Trinajstić information content (AvgIpc) is 3.19. The standard InChI is InChI=1S/C13H17ClN2O2/c14-10-3-1-2-4-12(10)18-8-13(17)16-11(7-15)9-5-6-9/h1-4,9,11H,5-8,15H2,(H,16,17). The van der Waals surface area contributed by atoms with Crippen LogP contribution in [-0.2, 0) is 4.79 Å². The predicted molar refractivity (Wildman–Crippen MR) is 70.7 cm³/mol. The summed E-state index contributed by atoms with van der Waals surface area (Å²) < 4.78 is 5.36. The van der Waals surface area contributed by atoms with Gasteiger partial charge in [0.2, 0.25) is 0 Å². The first-order valence-electron chi connectivity index (χ1n) is 6.07. The Kier molecular flexibility index (Phi) is 4.44. The molecule has 0 saturated heterocycles. The molecule has 1 amide bonds. The number of hydrogen-bond donors (Lipinski definition) is 2. The number of para-hydroxylation sites is 1. The zero-order valence-corrected chi connectivity index (χ0v) is 10.8. The van der Waals surface area contributed by atoms with Gasteiger partial charge in [-0.3, -0.25) is 4.79 Å². The third-order valence-corrected chi connectivity index (χ3v) is 3.30. The third-order valence-electron chi connectivity index (χ3n) is 2.99. The van der Waals surface area contributed by atoms with E-state index in [1.54, 1.807) is 12.1 Å². The molecule has 98 valence electrons. The Bertz CT molecular complexity index is 421. The van der Waals surface area contributed by atoms with Crippen LogP contribution in [-0.4, -0.2) is 25.1 Å². The van der Waals surface area contributed by atoms with Gasteiger partial charge in [0, 0.05) is 12.6 Å². The smallest absolute Gasteiger partial charge is 0.258 e. The summed E-state index contributed by atoms with van der Waals surface area (Å²) in [6.45, 7) is 0.440. The van der Waals surface area contributed by atoms with Gasteiger partial charge in [-0.2, -0.15) is 0 Å². The number of carbonyl (C=O) groups is 1. The molecule has 1 aromatic carbocycles. The number of hydrogen-bond acceptors (Lipinski definition) is 3. The van der Waals surface area contributed by atoms with Crippen molar-refractivity contribution in [3.8, 4) is 5.75 Å². The van der Waals surface area contributed by atoms with Crippen LogP contribution in [0.2, 0.25) is 5.02 Å². The van der Waals surface area contributed by atoms with Crippen LogP contribution in [0.15, 0.2) is 24.3 Å². The summed E-state index contributed by atoms with van der Waals surface area (Å²) in [6.07, 6.45) is 2.29. The number of carbonyl (C=O) groups excluding carboxylic acids is 1. The molecular weight excluding hydrogens is 252 g/mol. The van der Waals surface area contributed by atoms with Crippen LogP contribution in [0, 0.1) is 5.92 Å². The molecule has 1 atom stereocenters. The van der Waals surface area contributed by atoms with Gasteiger partial charge in [0.05, 0.1) is 5.02 Å². The second-order valence-corrected chi connectivity index (χ2v) is 4.87. The third kappa shape index (κ3) is 3.62. The van der Waals surface area contributed by atoms with E-state index in [-0.39, 0.29) is 18.6 Å². The van der Waals surface area contributed by atoms with Crippen molar-refractivity contribution in [1.29, 1.82) is 0 Å². The van der Waals surface area contributed by atoms with Crippen LogP contribution in [0.4, 0.5) is 0 Å². The molecule has 1 aliphatic rings. The van der Waals surface area contributed by atoms with Crippen LogP contribution in [0.5, 0.6) is 5.75 Å². The zero-order valence-electron chi connectivity index (χ0n) is 10.1. The van der Waals surface area contributed by atoms with Crippen LogP contribution < -0.4 is 15.8 Å². The summed E-state index contributed by atoms with van der Waals surface area (Å²) in [5.74, 6) is 0.904. The van der Waals surface area contributed by atoms with Crippen molar-refractivity contribution in [3.63, 3.8) is 0 Å².